The topological polar surface area (TPSA) is 100 Å². The maximum atomic E-state index is 9.07. The Labute approximate surface area is 124 Å². The Morgan fingerprint density at radius 1 is 1.48 bits per heavy atom. The lowest BCUT2D eigenvalue weighted by molar-refractivity contribution is 0.245. The second kappa shape index (κ2) is 6.78. The number of rotatable bonds is 8. The summed E-state index contributed by atoms with van der Waals surface area (Å²) in [6, 6.07) is 5.42. The lowest BCUT2D eigenvalue weighted by Crippen LogP contribution is -2.25. The molecule has 0 heterocycles. The van der Waals surface area contributed by atoms with Gasteiger partial charge in [-0.15, -0.1) is 0 Å². The zero-order chi connectivity index (χ0) is 15.3. The van der Waals surface area contributed by atoms with Crippen LogP contribution in [-0.4, -0.2) is 36.4 Å². The number of oxime groups is 1. The molecule has 6 nitrogen and oxygen atoms in total. The summed E-state index contributed by atoms with van der Waals surface area (Å²) in [5.41, 5.74) is 7.50. The van der Waals surface area contributed by atoms with Crippen LogP contribution >= 0.6 is 0 Å². The Bertz CT molecular complexity index is 513. The van der Waals surface area contributed by atoms with E-state index in [0.29, 0.717) is 12.1 Å². The van der Waals surface area contributed by atoms with Crippen LogP contribution in [0.5, 0.6) is 5.75 Å². The third-order valence-electron chi connectivity index (χ3n) is 4.10. The fourth-order valence-corrected chi connectivity index (χ4v) is 2.53. The molecule has 6 heteroatoms. The van der Waals surface area contributed by atoms with Crippen molar-refractivity contribution in [1.29, 1.82) is 0 Å². The molecule has 0 atom stereocenters. The molecule has 0 bridgehead atoms. The number of nitrogens with zero attached hydrogens (tertiary/aromatic N) is 1. The number of aliphatic hydroxyl groups excluding tert-OH is 1. The first-order valence-electron chi connectivity index (χ1n) is 7.10. The summed E-state index contributed by atoms with van der Waals surface area (Å²) >= 11 is 0. The van der Waals surface area contributed by atoms with Crippen LogP contribution in [0.4, 0.5) is 0 Å². The molecule has 0 radical (unpaired) electrons. The Morgan fingerprint density at radius 2 is 2.24 bits per heavy atom. The number of methoxy groups -OCH3 is 1. The van der Waals surface area contributed by atoms with Crippen LogP contribution in [0.25, 0.3) is 0 Å². The monoisotopic (exact) mass is 293 g/mol. The highest BCUT2D eigenvalue weighted by Crippen LogP contribution is 2.47. The first kappa shape index (κ1) is 15.6. The molecular formula is C15H23N3O3. The van der Waals surface area contributed by atoms with Gasteiger partial charge >= 0.3 is 0 Å². The Hall–Kier alpha value is -1.79. The van der Waals surface area contributed by atoms with Crippen LogP contribution in [0, 0.1) is 5.41 Å². The quantitative estimate of drug-likeness (QED) is 0.248. The maximum Gasteiger partial charge on any atom is 0.170 e. The second-order valence-electron chi connectivity index (χ2n) is 5.59. The number of nitrogens with one attached hydrogen (secondary N) is 1. The first-order chi connectivity index (χ1) is 10.1. The summed E-state index contributed by atoms with van der Waals surface area (Å²) in [5.74, 6) is 0.849. The summed E-state index contributed by atoms with van der Waals surface area (Å²) in [6.45, 7) is 1.76. The average molecular weight is 293 g/mol. The van der Waals surface area contributed by atoms with Gasteiger partial charge in [0.1, 0.15) is 5.75 Å². The van der Waals surface area contributed by atoms with Crippen LogP contribution in [0.3, 0.4) is 0 Å². The highest BCUT2D eigenvalue weighted by Gasteiger charge is 2.41. The van der Waals surface area contributed by atoms with Crippen molar-refractivity contribution in [3.05, 3.63) is 29.3 Å². The molecule has 0 aliphatic heterocycles. The van der Waals surface area contributed by atoms with Gasteiger partial charge in [-0.2, -0.15) is 0 Å². The molecule has 1 fully saturated rings. The largest absolute Gasteiger partial charge is 0.496 e. The third kappa shape index (κ3) is 3.86. The van der Waals surface area contributed by atoms with Gasteiger partial charge in [-0.25, -0.2) is 0 Å². The van der Waals surface area contributed by atoms with E-state index in [1.807, 2.05) is 12.1 Å². The Morgan fingerprint density at radius 3 is 2.81 bits per heavy atom. The van der Waals surface area contributed by atoms with Gasteiger partial charge in [-0.1, -0.05) is 5.16 Å². The lowest BCUT2D eigenvalue weighted by atomic mass is 10.0. The van der Waals surface area contributed by atoms with Gasteiger partial charge in [-0.05, 0) is 42.9 Å². The summed E-state index contributed by atoms with van der Waals surface area (Å²) in [5, 5.41) is 24.2. The van der Waals surface area contributed by atoms with Gasteiger partial charge in [-0.3, -0.25) is 0 Å². The molecular weight excluding hydrogens is 270 g/mol. The number of hydrogen-bond donors (Lipinski definition) is 4. The maximum absolute atomic E-state index is 9.07. The van der Waals surface area contributed by atoms with Gasteiger partial charge < -0.3 is 26.1 Å². The Kier molecular flexibility index (Phi) is 5.03. The predicted octanol–water partition coefficient (Wildman–Crippen LogP) is 1.04. The number of aliphatic hydroxyl groups is 1. The smallest absolute Gasteiger partial charge is 0.170 e. The van der Waals surface area contributed by atoms with E-state index in [1.54, 1.807) is 13.2 Å². The molecule has 1 aromatic rings. The van der Waals surface area contributed by atoms with Crippen LogP contribution in [-0.2, 0) is 6.54 Å². The fourth-order valence-electron chi connectivity index (χ4n) is 2.53. The predicted molar refractivity (Wildman–Crippen MR) is 80.6 cm³/mol. The lowest BCUT2D eigenvalue weighted by Gasteiger charge is -2.16. The standard InChI is InChI=1S/C15H23N3O3/c1-21-13-3-2-11(14(16)18-20)8-12(13)9-17-10-15(4-5-15)6-7-19/h2-3,8,17,19-20H,4-7,9-10H2,1H3,(H2,16,18). The van der Waals surface area contributed by atoms with Crippen LogP contribution in [0.1, 0.15) is 30.4 Å². The van der Waals surface area contributed by atoms with Crippen molar-refractivity contribution < 1.29 is 15.1 Å². The number of benzene rings is 1. The van der Waals surface area contributed by atoms with Crippen LogP contribution in [0.15, 0.2) is 23.4 Å². The molecule has 1 aromatic carbocycles. The van der Waals surface area contributed by atoms with E-state index in [2.05, 4.69) is 10.5 Å². The number of ether oxygens (including phenoxy) is 1. The minimum Gasteiger partial charge on any atom is -0.496 e. The minimum absolute atomic E-state index is 0.0813. The summed E-state index contributed by atoms with van der Waals surface area (Å²) in [4.78, 5) is 0. The van der Waals surface area contributed by atoms with E-state index in [0.717, 1.165) is 24.3 Å². The van der Waals surface area contributed by atoms with Gasteiger partial charge in [0.05, 0.1) is 7.11 Å². The highest BCUT2D eigenvalue weighted by molar-refractivity contribution is 5.97. The van der Waals surface area contributed by atoms with Gasteiger partial charge in [0, 0.05) is 30.8 Å². The zero-order valence-corrected chi connectivity index (χ0v) is 12.3. The second-order valence-corrected chi connectivity index (χ2v) is 5.59. The molecule has 2 rings (SSSR count). The average Bonchev–Trinajstić information content (AvgIpc) is 3.26. The highest BCUT2D eigenvalue weighted by atomic mass is 16.5. The molecule has 5 N–H and O–H groups in total. The molecule has 116 valence electrons. The molecule has 0 unspecified atom stereocenters. The molecule has 0 spiro atoms. The van der Waals surface area contributed by atoms with Crippen molar-refractivity contribution in [2.75, 3.05) is 20.3 Å². The molecule has 21 heavy (non-hydrogen) atoms. The summed E-state index contributed by atoms with van der Waals surface area (Å²) < 4.78 is 5.34. The van der Waals surface area contributed by atoms with E-state index >= 15 is 0 Å². The van der Waals surface area contributed by atoms with Crippen molar-refractivity contribution in [2.45, 2.75) is 25.8 Å². The van der Waals surface area contributed by atoms with Crippen molar-refractivity contribution in [2.24, 2.45) is 16.3 Å². The molecule has 1 aliphatic rings. The SMILES string of the molecule is COc1ccc(/C(N)=N/O)cc1CNCC1(CCO)CC1. The molecule has 0 amide bonds. The van der Waals surface area contributed by atoms with E-state index in [1.165, 1.54) is 12.8 Å². The van der Waals surface area contributed by atoms with Gasteiger partial charge in [0.2, 0.25) is 0 Å². The van der Waals surface area contributed by atoms with Crippen LogP contribution in [0.2, 0.25) is 0 Å². The number of nitrogens with two attached hydrogens (primary N) is 1. The van der Waals surface area contributed by atoms with Crippen molar-refractivity contribution in [1.82, 2.24) is 5.32 Å². The van der Waals surface area contributed by atoms with E-state index < -0.39 is 0 Å². The minimum atomic E-state index is 0.0813. The molecule has 0 aromatic heterocycles. The van der Waals surface area contributed by atoms with Crippen molar-refractivity contribution >= 4 is 5.84 Å². The molecule has 1 aliphatic carbocycles. The van der Waals surface area contributed by atoms with E-state index in [4.69, 9.17) is 20.8 Å². The van der Waals surface area contributed by atoms with Crippen molar-refractivity contribution in [3.8, 4) is 5.75 Å². The third-order valence-corrected chi connectivity index (χ3v) is 4.10. The zero-order valence-electron chi connectivity index (χ0n) is 12.3. The normalized spacial score (nSPS) is 16.8. The summed E-state index contributed by atoms with van der Waals surface area (Å²) in [7, 11) is 1.62. The Balaban J connectivity index is 2.01. The van der Waals surface area contributed by atoms with Crippen molar-refractivity contribution in [3.63, 3.8) is 0 Å². The molecule has 1 saturated carbocycles. The number of hydrogen-bond acceptors (Lipinski definition) is 5. The van der Waals surface area contributed by atoms with Gasteiger partial charge in [0.25, 0.3) is 0 Å². The molecule has 0 saturated heterocycles. The fraction of sp³-hybridized carbons (Fsp3) is 0.533. The van der Waals surface area contributed by atoms with Gasteiger partial charge in [0.15, 0.2) is 5.84 Å². The number of amidine groups is 1. The van der Waals surface area contributed by atoms with E-state index in [-0.39, 0.29) is 17.9 Å². The van der Waals surface area contributed by atoms with E-state index in [9.17, 15) is 0 Å². The van der Waals surface area contributed by atoms with Crippen LogP contribution < -0.4 is 15.8 Å². The first-order valence-corrected chi connectivity index (χ1v) is 7.10. The summed E-state index contributed by atoms with van der Waals surface area (Å²) in [6.07, 6.45) is 3.19.